The molecule has 2 aromatic rings. The number of nitrogens with zero attached hydrogens (tertiary/aromatic N) is 3. The number of aromatic nitrogens is 4. The van der Waals surface area contributed by atoms with Crippen molar-refractivity contribution in [1.29, 1.82) is 0 Å². The van der Waals surface area contributed by atoms with Gasteiger partial charge in [-0.05, 0) is 64.7 Å². The zero-order valence-electron chi connectivity index (χ0n) is 19.1. The molecular weight excluding hydrogens is 397 g/mol. The maximum atomic E-state index is 12.2. The molecule has 0 saturated carbocycles. The molecule has 1 aliphatic rings. The summed E-state index contributed by atoms with van der Waals surface area (Å²) in [5.41, 5.74) is 0.967. The number of hydrogen-bond acceptors (Lipinski definition) is 7. The van der Waals surface area contributed by atoms with Crippen molar-refractivity contribution in [3.05, 3.63) is 35.3 Å². The molecule has 3 rings (SSSR count). The zero-order valence-corrected chi connectivity index (χ0v) is 19.1. The lowest BCUT2D eigenvalue weighted by Gasteiger charge is -2.32. The van der Waals surface area contributed by atoms with E-state index in [9.17, 15) is 4.79 Å². The third-order valence-electron chi connectivity index (χ3n) is 5.26. The summed E-state index contributed by atoms with van der Waals surface area (Å²) in [5.74, 6) is 0.522. The van der Waals surface area contributed by atoms with E-state index in [0.29, 0.717) is 5.82 Å². The molecule has 9 nitrogen and oxygen atoms in total. The number of ether oxygens (including phenoxy) is 1. The van der Waals surface area contributed by atoms with Gasteiger partial charge in [-0.2, -0.15) is 5.21 Å². The minimum absolute atomic E-state index is 0.221. The smallest absolute Gasteiger partial charge is 0.444 e. The van der Waals surface area contributed by atoms with Crippen molar-refractivity contribution in [3.8, 4) is 11.4 Å². The van der Waals surface area contributed by atoms with Gasteiger partial charge in [-0.3, -0.25) is 0 Å². The maximum Gasteiger partial charge on any atom is 0.492 e. The van der Waals surface area contributed by atoms with E-state index in [2.05, 4.69) is 25.9 Å². The number of H-pyrrole nitrogens is 1. The summed E-state index contributed by atoms with van der Waals surface area (Å²) in [6.07, 6.45) is 1.45. The molecule has 0 unspecified atom stereocenters. The van der Waals surface area contributed by atoms with Crippen LogP contribution in [0.3, 0.4) is 0 Å². The molecule has 0 aliphatic carbocycles. The van der Waals surface area contributed by atoms with E-state index in [1.807, 2.05) is 78.8 Å². The van der Waals surface area contributed by atoms with Crippen LogP contribution < -0.4 is 5.32 Å². The molecule has 31 heavy (non-hydrogen) atoms. The third-order valence-corrected chi connectivity index (χ3v) is 5.26. The van der Waals surface area contributed by atoms with Crippen LogP contribution in [0.5, 0.6) is 0 Å². The van der Waals surface area contributed by atoms with Gasteiger partial charge in [0.1, 0.15) is 5.60 Å². The summed E-state index contributed by atoms with van der Waals surface area (Å²) in [6, 6.07) is 7.68. The highest BCUT2D eigenvalue weighted by molar-refractivity contribution is 6.56. The van der Waals surface area contributed by atoms with Crippen LogP contribution in [0.1, 0.15) is 54.0 Å². The van der Waals surface area contributed by atoms with Crippen molar-refractivity contribution < 1.29 is 18.8 Å². The van der Waals surface area contributed by atoms with Crippen molar-refractivity contribution in [1.82, 2.24) is 25.9 Å². The standard InChI is InChI=1S/C21H30BN5O4/c1-19(2,3)29-18(28)23-13-16(22-30-20(4,5)21(6,7)31-22)12-14-8-10-15(11-9-14)17-24-26-27-25-17/h8-12H,13H2,1-7H3,(H,23,28)(H,24,25,26,27). The summed E-state index contributed by atoms with van der Waals surface area (Å²) in [6.45, 7) is 13.7. The van der Waals surface area contributed by atoms with Crippen LogP contribution in [-0.2, 0) is 14.0 Å². The highest BCUT2D eigenvalue weighted by Gasteiger charge is 2.52. The average Bonchev–Trinajstić information content (AvgIpc) is 3.24. The second kappa shape index (κ2) is 8.43. The molecule has 166 valence electrons. The van der Waals surface area contributed by atoms with Gasteiger partial charge in [-0.1, -0.05) is 30.3 Å². The predicted octanol–water partition coefficient (Wildman–Crippen LogP) is 3.41. The van der Waals surface area contributed by atoms with Crippen LogP contribution in [0.15, 0.2) is 29.7 Å². The molecule has 1 aliphatic heterocycles. The Kier molecular flexibility index (Phi) is 6.24. The monoisotopic (exact) mass is 427 g/mol. The molecule has 0 atom stereocenters. The number of carbonyl (C=O) groups is 1. The predicted molar refractivity (Wildman–Crippen MR) is 118 cm³/mol. The molecule has 1 amide bonds. The summed E-state index contributed by atoms with van der Waals surface area (Å²) in [4.78, 5) is 12.2. The lowest BCUT2D eigenvalue weighted by molar-refractivity contribution is 0.00578. The van der Waals surface area contributed by atoms with E-state index in [-0.39, 0.29) is 6.54 Å². The van der Waals surface area contributed by atoms with E-state index in [1.165, 1.54) is 0 Å². The normalized spacial score (nSPS) is 18.2. The fourth-order valence-corrected chi connectivity index (χ4v) is 2.91. The van der Waals surface area contributed by atoms with E-state index >= 15 is 0 Å². The van der Waals surface area contributed by atoms with Crippen LogP contribution in [0.2, 0.25) is 0 Å². The lowest BCUT2D eigenvalue weighted by atomic mass is 9.77. The van der Waals surface area contributed by atoms with Crippen LogP contribution in [0, 0.1) is 0 Å². The maximum absolute atomic E-state index is 12.2. The number of hydrogen-bond donors (Lipinski definition) is 2. The van der Waals surface area contributed by atoms with E-state index in [1.54, 1.807) is 0 Å². The van der Waals surface area contributed by atoms with Gasteiger partial charge in [0.25, 0.3) is 0 Å². The first kappa shape index (κ1) is 23.0. The molecule has 0 radical (unpaired) electrons. The Hall–Kier alpha value is -2.72. The van der Waals surface area contributed by atoms with E-state index < -0.39 is 30.0 Å². The molecule has 10 heteroatoms. The fraction of sp³-hybridized carbons (Fsp3) is 0.524. The van der Waals surface area contributed by atoms with Crippen molar-refractivity contribution in [2.24, 2.45) is 0 Å². The van der Waals surface area contributed by atoms with Gasteiger partial charge in [0.2, 0.25) is 5.82 Å². The number of benzene rings is 1. The SMILES string of the molecule is CC(C)(C)OC(=O)NCC(=Cc1ccc(-c2nn[nH]n2)cc1)B1OC(C)(C)C(C)(C)O1. The first-order valence-corrected chi connectivity index (χ1v) is 10.2. The van der Waals surface area contributed by atoms with E-state index in [0.717, 1.165) is 16.6 Å². The molecule has 1 aromatic carbocycles. The largest absolute Gasteiger partial charge is 0.492 e. The molecule has 2 heterocycles. The molecular formula is C21H30BN5O4. The number of nitrogens with one attached hydrogen (secondary N) is 2. The van der Waals surface area contributed by atoms with Crippen LogP contribution in [-0.4, -0.2) is 57.2 Å². The topological polar surface area (TPSA) is 111 Å². The van der Waals surface area contributed by atoms with Crippen LogP contribution in [0.4, 0.5) is 4.79 Å². The highest BCUT2D eigenvalue weighted by atomic mass is 16.7. The third kappa shape index (κ3) is 5.71. The van der Waals surface area contributed by atoms with Gasteiger partial charge in [0.15, 0.2) is 0 Å². The number of aromatic amines is 1. The van der Waals surface area contributed by atoms with Gasteiger partial charge in [-0.25, -0.2) is 4.79 Å². The summed E-state index contributed by atoms with van der Waals surface area (Å²) in [5, 5.41) is 16.8. The molecule has 1 saturated heterocycles. The molecule has 1 fully saturated rings. The van der Waals surface area contributed by atoms with Gasteiger partial charge in [0, 0.05) is 12.1 Å². The van der Waals surface area contributed by atoms with Crippen LogP contribution >= 0.6 is 0 Å². The number of tetrazole rings is 1. The number of carbonyl (C=O) groups excluding carboxylic acids is 1. The van der Waals surface area contributed by atoms with Crippen molar-refractivity contribution in [3.63, 3.8) is 0 Å². The molecule has 0 spiro atoms. The van der Waals surface area contributed by atoms with Gasteiger partial charge < -0.3 is 19.4 Å². The molecule has 2 N–H and O–H groups in total. The fourth-order valence-electron chi connectivity index (χ4n) is 2.91. The Morgan fingerprint density at radius 2 is 1.77 bits per heavy atom. The Balaban J connectivity index is 1.82. The molecule has 0 bridgehead atoms. The first-order chi connectivity index (χ1) is 14.4. The minimum atomic E-state index is -0.600. The van der Waals surface area contributed by atoms with Gasteiger partial charge in [-0.15, -0.1) is 10.2 Å². The minimum Gasteiger partial charge on any atom is -0.444 e. The summed E-state index contributed by atoms with van der Waals surface area (Å²) in [7, 11) is -0.600. The Bertz CT molecular complexity index is 918. The number of amides is 1. The van der Waals surface area contributed by atoms with Crippen molar-refractivity contribution in [2.75, 3.05) is 6.54 Å². The van der Waals surface area contributed by atoms with Gasteiger partial charge in [0.05, 0.1) is 11.2 Å². The van der Waals surface area contributed by atoms with Gasteiger partial charge >= 0.3 is 13.2 Å². The summed E-state index contributed by atoms with van der Waals surface area (Å²) >= 11 is 0. The van der Waals surface area contributed by atoms with Crippen LogP contribution in [0.25, 0.3) is 17.5 Å². The summed E-state index contributed by atoms with van der Waals surface area (Å²) < 4.78 is 17.8. The Morgan fingerprint density at radius 1 is 1.16 bits per heavy atom. The molecule has 1 aromatic heterocycles. The Morgan fingerprint density at radius 3 is 2.29 bits per heavy atom. The second-order valence-electron chi connectivity index (χ2n) is 9.52. The van der Waals surface area contributed by atoms with Crippen molar-refractivity contribution >= 4 is 19.3 Å². The highest BCUT2D eigenvalue weighted by Crippen LogP contribution is 2.38. The Labute approximate surface area is 183 Å². The second-order valence-corrected chi connectivity index (χ2v) is 9.52. The quantitative estimate of drug-likeness (QED) is 0.704. The average molecular weight is 427 g/mol. The zero-order chi connectivity index (χ0) is 22.9. The number of rotatable bonds is 5. The lowest BCUT2D eigenvalue weighted by Crippen LogP contribution is -2.41. The number of alkyl carbamates (subject to hydrolysis) is 1. The van der Waals surface area contributed by atoms with E-state index in [4.69, 9.17) is 14.0 Å². The van der Waals surface area contributed by atoms with Crippen molar-refractivity contribution in [2.45, 2.75) is 65.3 Å². The first-order valence-electron chi connectivity index (χ1n) is 10.2.